The molecule has 0 aromatic carbocycles. The van der Waals surface area contributed by atoms with Gasteiger partial charge in [-0.2, -0.15) is 0 Å². The van der Waals surface area contributed by atoms with E-state index in [-0.39, 0.29) is 28.8 Å². The third-order valence-electron chi connectivity index (χ3n) is 8.83. The summed E-state index contributed by atoms with van der Waals surface area (Å²) in [4.78, 5) is 16.5. The van der Waals surface area contributed by atoms with Gasteiger partial charge in [0.1, 0.15) is 6.10 Å². The lowest BCUT2D eigenvalue weighted by Crippen LogP contribution is -2.47. The largest absolute Gasteiger partial charge is 0.462 e. The first-order chi connectivity index (χ1) is 14.8. The molecule has 4 aliphatic carbocycles. The van der Waals surface area contributed by atoms with Crippen molar-refractivity contribution < 1.29 is 9.53 Å². The van der Waals surface area contributed by atoms with Crippen LogP contribution in [0.25, 0.3) is 5.57 Å². The van der Waals surface area contributed by atoms with Gasteiger partial charge in [-0.15, -0.1) is 0 Å². The molecule has 2 saturated carbocycles. The van der Waals surface area contributed by atoms with Crippen LogP contribution in [0.5, 0.6) is 0 Å². The maximum Gasteiger partial charge on any atom is 0.308 e. The zero-order valence-electron chi connectivity index (χ0n) is 19.4. The molecule has 2 fully saturated rings. The lowest BCUT2D eigenvalue weighted by Gasteiger charge is -2.56. The molecule has 164 valence electrons. The van der Waals surface area contributed by atoms with Gasteiger partial charge >= 0.3 is 5.97 Å². The molecule has 0 amide bonds. The first-order valence-electron chi connectivity index (χ1n) is 12.1. The van der Waals surface area contributed by atoms with Crippen molar-refractivity contribution in [3.63, 3.8) is 0 Å². The highest BCUT2D eigenvalue weighted by Gasteiger charge is 2.54. The number of hydrogen-bond donors (Lipinski definition) is 0. The van der Waals surface area contributed by atoms with Crippen molar-refractivity contribution in [3.05, 3.63) is 59.5 Å². The summed E-state index contributed by atoms with van der Waals surface area (Å²) < 4.78 is 5.83. The number of carbonyl (C=O) groups is 1. The van der Waals surface area contributed by atoms with Gasteiger partial charge in [0, 0.05) is 24.2 Å². The molecular formula is C28H35NO2. The average molecular weight is 418 g/mol. The van der Waals surface area contributed by atoms with E-state index in [2.05, 4.69) is 43.1 Å². The van der Waals surface area contributed by atoms with E-state index >= 15 is 0 Å². The molecule has 0 radical (unpaired) electrons. The number of esters is 1. The summed E-state index contributed by atoms with van der Waals surface area (Å²) in [5, 5.41) is 0. The Morgan fingerprint density at radius 3 is 2.77 bits per heavy atom. The Bertz CT molecular complexity index is 972. The molecule has 0 spiro atoms. The van der Waals surface area contributed by atoms with Crippen LogP contribution in [0.2, 0.25) is 0 Å². The molecule has 3 nitrogen and oxygen atoms in total. The van der Waals surface area contributed by atoms with E-state index < -0.39 is 0 Å². The third kappa shape index (κ3) is 3.23. The number of hydrogen-bond acceptors (Lipinski definition) is 3. The Balaban J connectivity index is 1.38. The van der Waals surface area contributed by atoms with Crippen LogP contribution >= 0.6 is 0 Å². The van der Waals surface area contributed by atoms with Gasteiger partial charge in [0.15, 0.2) is 0 Å². The predicted octanol–water partition coefficient (Wildman–Crippen LogP) is 6.53. The molecule has 0 bridgehead atoms. The van der Waals surface area contributed by atoms with E-state index in [1.165, 1.54) is 24.0 Å². The average Bonchev–Trinajstić information content (AvgIpc) is 3.11. The summed E-state index contributed by atoms with van der Waals surface area (Å²) in [5.74, 6) is 1.20. The number of carbonyl (C=O) groups excluding carboxylic acids is 1. The Kier molecular flexibility index (Phi) is 4.99. The monoisotopic (exact) mass is 417 g/mol. The third-order valence-corrected chi connectivity index (χ3v) is 8.83. The van der Waals surface area contributed by atoms with Crippen LogP contribution in [0.4, 0.5) is 0 Å². The molecule has 0 aliphatic heterocycles. The number of rotatable bonds is 3. The van der Waals surface area contributed by atoms with Gasteiger partial charge in [-0.05, 0) is 66.6 Å². The molecule has 1 heterocycles. The van der Waals surface area contributed by atoms with Gasteiger partial charge in [0.05, 0.1) is 5.92 Å². The van der Waals surface area contributed by atoms with Crippen molar-refractivity contribution >= 4 is 11.5 Å². The van der Waals surface area contributed by atoms with Crippen LogP contribution < -0.4 is 0 Å². The molecule has 5 rings (SSSR count). The minimum atomic E-state index is -0.0542. The lowest BCUT2D eigenvalue weighted by molar-refractivity contribution is -0.154. The van der Waals surface area contributed by atoms with Gasteiger partial charge in [-0.1, -0.05) is 63.1 Å². The normalized spacial score (nSPS) is 36.5. The number of ether oxygens (including phenoxy) is 1. The first kappa shape index (κ1) is 20.7. The number of nitrogens with zero attached hydrogens (tertiary/aromatic N) is 1. The standard InChI is InChI=1S/C28H35NO2/c1-18(2)26(30)31-21-11-13-27(3)20(16-21)7-8-22-24-10-9-23(19-6-5-15-29-17-19)28(24,4)14-12-25(22)27/h5-7,9-10,15,17-18,21-22,25H,8,11-14,16H2,1-4H3/t21-,22-,25-,27-,28+/m0/s1. The second-order valence-electron chi connectivity index (χ2n) is 10.9. The van der Waals surface area contributed by atoms with Crippen molar-refractivity contribution in [2.45, 2.75) is 72.3 Å². The fourth-order valence-corrected chi connectivity index (χ4v) is 6.97. The molecule has 3 heteroatoms. The van der Waals surface area contributed by atoms with Gasteiger partial charge in [-0.3, -0.25) is 9.78 Å². The predicted molar refractivity (Wildman–Crippen MR) is 124 cm³/mol. The van der Waals surface area contributed by atoms with Crippen LogP contribution in [0, 0.1) is 28.6 Å². The van der Waals surface area contributed by atoms with E-state index in [1.807, 2.05) is 32.3 Å². The highest BCUT2D eigenvalue weighted by atomic mass is 16.5. The van der Waals surface area contributed by atoms with Crippen LogP contribution in [0.15, 0.2) is 53.9 Å². The SMILES string of the molecule is CC(C)C(=O)O[C@H]1CC[C@@]2(C)C(=CC[C@H]3C4=CC=C(c5cccnc5)[C@@]4(C)CC[C@@H]32)C1. The Hall–Kier alpha value is -2.16. The second-order valence-corrected chi connectivity index (χ2v) is 10.9. The zero-order chi connectivity index (χ0) is 21.8. The quantitative estimate of drug-likeness (QED) is 0.415. The number of allylic oxidation sites excluding steroid dienone is 5. The fraction of sp³-hybridized carbons (Fsp3) is 0.571. The number of pyridine rings is 1. The van der Waals surface area contributed by atoms with E-state index in [0.29, 0.717) is 11.8 Å². The molecule has 0 N–H and O–H groups in total. The molecule has 5 atom stereocenters. The summed E-state index contributed by atoms with van der Waals surface area (Å²) in [6.07, 6.45) is 17.9. The summed E-state index contributed by atoms with van der Waals surface area (Å²) in [6, 6.07) is 4.25. The van der Waals surface area contributed by atoms with Crippen LogP contribution in [-0.4, -0.2) is 17.1 Å². The number of aromatic nitrogens is 1. The van der Waals surface area contributed by atoms with Crippen molar-refractivity contribution in [2.24, 2.45) is 28.6 Å². The molecule has 0 unspecified atom stereocenters. The maximum atomic E-state index is 12.1. The minimum Gasteiger partial charge on any atom is -0.462 e. The van der Waals surface area contributed by atoms with Crippen LogP contribution in [0.3, 0.4) is 0 Å². The number of fused-ring (bicyclic) bond motifs is 5. The Morgan fingerprint density at radius 2 is 2.03 bits per heavy atom. The topological polar surface area (TPSA) is 39.2 Å². The minimum absolute atomic E-state index is 0.0511. The van der Waals surface area contributed by atoms with Crippen molar-refractivity contribution in [1.29, 1.82) is 0 Å². The van der Waals surface area contributed by atoms with Gasteiger partial charge in [0.25, 0.3) is 0 Å². The molecule has 0 saturated heterocycles. The van der Waals surface area contributed by atoms with Crippen molar-refractivity contribution in [1.82, 2.24) is 4.98 Å². The fourth-order valence-electron chi connectivity index (χ4n) is 6.97. The van der Waals surface area contributed by atoms with Crippen LogP contribution in [-0.2, 0) is 9.53 Å². The van der Waals surface area contributed by atoms with Crippen molar-refractivity contribution in [2.75, 3.05) is 0 Å². The summed E-state index contributed by atoms with van der Waals surface area (Å²) in [5.41, 5.74) is 6.26. The molecular weight excluding hydrogens is 382 g/mol. The van der Waals surface area contributed by atoms with Crippen molar-refractivity contribution in [3.8, 4) is 0 Å². The summed E-state index contributed by atoms with van der Waals surface area (Å²) in [6.45, 7) is 8.78. The van der Waals surface area contributed by atoms with Gasteiger partial charge < -0.3 is 4.74 Å². The smallest absolute Gasteiger partial charge is 0.308 e. The van der Waals surface area contributed by atoms with E-state index in [9.17, 15) is 4.79 Å². The molecule has 1 aromatic heterocycles. The molecule has 1 aromatic rings. The lowest BCUT2D eigenvalue weighted by atomic mass is 9.49. The molecule has 4 aliphatic rings. The van der Waals surface area contributed by atoms with Gasteiger partial charge in [0.2, 0.25) is 0 Å². The Morgan fingerprint density at radius 1 is 1.19 bits per heavy atom. The van der Waals surface area contributed by atoms with Gasteiger partial charge in [-0.25, -0.2) is 0 Å². The zero-order valence-corrected chi connectivity index (χ0v) is 19.4. The Labute approximate surface area is 186 Å². The summed E-state index contributed by atoms with van der Waals surface area (Å²) in [7, 11) is 0. The van der Waals surface area contributed by atoms with Crippen LogP contribution in [0.1, 0.15) is 71.8 Å². The van der Waals surface area contributed by atoms with E-state index in [4.69, 9.17) is 4.74 Å². The summed E-state index contributed by atoms with van der Waals surface area (Å²) >= 11 is 0. The van der Waals surface area contributed by atoms with E-state index in [0.717, 1.165) is 25.7 Å². The first-order valence-corrected chi connectivity index (χ1v) is 12.1. The highest BCUT2D eigenvalue weighted by Crippen LogP contribution is 2.64. The van der Waals surface area contributed by atoms with E-state index in [1.54, 1.807) is 11.1 Å². The second kappa shape index (κ2) is 7.46. The maximum absolute atomic E-state index is 12.1. The highest BCUT2D eigenvalue weighted by molar-refractivity contribution is 5.78. The molecule has 31 heavy (non-hydrogen) atoms.